The zero-order chi connectivity index (χ0) is 15.9. The van der Waals surface area contributed by atoms with E-state index in [9.17, 15) is 0 Å². The van der Waals surface area contributed by atoms with Crippen LogP contribution in [0.4, 0.5) is 0 Å². The second kappa shape index (κ2) is 9.77. The summed E-state index contributed by atoms with van der Waals surface area (Å²) in [5.41, 5.74) is 1.32. The van der Waals surface area contributed by atoms with Gasteiger partial charge >= 0.3 is 0 Å². The van der Waals surface area contributed by atoms with Crippen molar-refractivity contribution in [3.05, 3.63) is 30.1 Å². The topological polar surface area (TPSA) is 24.9 Å². The third kappa shape index (κ3) is 4.15. The van der Waals surface area contributed by atoms with E-state index in [2.05, 4.69) is 61.5 Å². The minimum Gasteiger partial charge on any atom is -0.310 e. The molecule has 5 atom stereocenters. The second-order valence-electron chi connectivity index (χ2n) is 6.50. The van der Waals surface area contributed by atoms with Crippen molar-refractivity contribution < 1.29 is 0 Å². The highest BCUT2D eigenvalue weighted by Crippen LogP contribution is 2.58. The van der Waals surface area contributed by atoms with Gasteiger partial charge in [0.2, 0.25) is 0 Å². The number of nitrogens with zero attached hydrogens (tertiary/aromatic N) is 1. The van der Waals surface area contributed by atoms with Crippen LogP contribution >= 0.6 is 45.2 Å². The molecule has 0 aliphatic heterocycles. The lowest BCUT2D eigenvalue weighted by Crippen LogP contribution is -2.38. The monoisotopic (exact) mass is 526 g/mol. The Labute approximate surface area is 162 Å². The number of alkyl halides is 2. The molecule has 1 aromatic heterocycles. The summed E-state index contributed by atoms with van der Waals surface area (Å²) >= 11 is 4.30. The minimum absolute atomic E-state index is 0.787. The highest BCUT2D eigenvalue weighted by atomic mass is 127. The van der Waals surface area contributed by atoms with Gasteiger partial charge in [0.15, 0.2) is 0 Å². The van der Waals surface area contributed by atoms with Crippen LogP contribution in [-0.4, -0.2) is 20.9 Å². The van der Waals surface area contributed by atoms with Crippen LogP contribution in [0.5, 0.6) is 0 Å². The average Bonchev–Trinajstić information content (AvgIpc) is 3.30. The summed E-state index contributed by atoms with van der Waals surface area (Å²) in [6.07, 6.45) is 11.3. The normalized spacial score (nSPS) is 34.3. The maximum Gasteiger partial charge on any atom is 0.0312 e. The molecule has 124 valence electrons. The van der Waals surface area contributed by atoms with Crippen molar-refractivity contribution in [3.8, 4) is 0 Å². The van der Waals surface area contributed by atoms with Gasteiger partial charge in [0.05, 0.1) is 0 Å². The molecule has 1 heterocycles. The van der Waals surface area contributed by atoms with Gasteiger partial charge in [-0.05, 0) is 70.8 Å². The highest BCUT2D eigenvalue weighted by Gasteiger charge is 2.53. The fourth-order valence-electron chi connectivity index (χ4n) is 5.05. The Morgan fingerprint density at radius 3 is 2.59 bits per heavy atom. The molecule has 0 aromatic carbocycles. The fraction of sp³-hybridized carbons (Fsp3) is 0.722. The molecule has 3 aliphatic rings. The number of hydrogen-bond acceptors (Lipinski definition) is 2. The third-order valence-corrected chi connectivity index (χ3v) is 5.72. The molecule has 4 rings (SSSR count). The van der Waals surface area contributed by atoms with Crippen LogP contribution in [-0.2, 0) is 6.54 Å². The van der Waals surface area contributed by atoms with Gasteiger partial charge in [0, 0.05) is 25.0 Å². The summed E-state index contributed by atoms with van der Waals surface area (Å²) in [4.78, 5) is 8.13. The lowest BCUT2D eigenvalue weighted by atomic mass is 9.79. The number of nitrogens with one attached hydrogen (secondary N) is 1. The Hall–Kier alpha value is 0.570. The van der Waals surface area contributed by atoms with E-state index in [0.29, 0.717) is 0 Å². The Morgan fingerprint density at radius 1 is 1.09 bits per heavy atom. The number of halogens is 2. The molecule has 0 radical (unpaired) electrons. The summed E-state index contributed by atoms with van der Waals surface area (Å²) in [6, 6.07) is 4.99. The maximum absolute atomic E-state index is 4.19. The van der Waals surface area contributed by atoms with Crippen LogP contribution in [0.1, 0.15) is 37.7 Å². The van der Waals surface area contributed by atoms with E-state index >= 15 is 0 Å². The molecular formula is C18H28I2N2. The van der Waals surface area contributed by atoms with E-state index < -0.39 is 0 Å². The van der Waals surface area contributed by atoms with Crippen molar-refractivity contribution in [1.82, 2.24) is 10.3 Å². The molecule has 0 saturated heterocycles. The molecule has 0 unspecified atom stereocenters. The first-order valence-electron chi connectivity index (χ1n) is 8.29. The lowest BCUT2D eigenvalue weighted by Gasteiger charge is -2.32. The van der Waals surface area contributed by atoms with E-state index in [1.807, 2.05) is 28.3 Å². The Morgan fingerprint density at radius 2 is 1.86 bits per heavy atom. The SMILES string of the molecule is CI.CI.c1cncc(CN[C@H]2C[C@H]3C[C@@H]2[C@H]2CCC[C@@H]32)c1. The van der Waals surface area contributed by atoms with Gasteiger partial charge < -0.3 is 5.32 Å². The maximum atomic E-state index is 4.19. The van der Waals surface area contributed by atoms with Gasteiger partial charge in [-0.15, -0.1) is 0 Å². The summed E-state index contributed by atoms with van der Waals surface area (Å²) in [7, 11) is 0. The van der Waals surface area contributed by atoms with Crippen LogP contribution < -0.4 is 5.32 Å². The highest BCUT2D eigenvalue weighted by molar-refractivity contribution is 14.1. The van der Waals surface area contributed by atoms with Crippen molar-refractivity contribution in [2.75, 3.05) is 9.86 Å². The van der Waals surface area contributed by atoms with E-state index in [0.717, 1.165) is 36.3 Å². The smallest absolute Gasteiger partial charge is 0.0312 e. The predicted molar refractivity (Wildman–Crippen MR) is 112 cm³/mol. The van der Waals surface area contributed by atoms with Crippen molar-refractivity contribution >= 4 is 45.2 Å². The summed E-state index contributed by atoms with van der Waals surface area (Å²) < 4.78 is 0. The Bertz CT molecular complexity index is 426. The second-order valence-corrected chi connectivity index (χ2v) is 6.50. The van der Waals surface area contributed by atoms with E-state index in [4.69, 9.17) is 0 Å². The predicted octanol–water partition coefficient (Wildman–Crippen LogP) is 5.10. The number of aromatic nitrogens is 1. The number of hydrogen-bond donors (Lipinski definition) is 1. The van der Waals surface area contributed by atoms with E-state index in [1.165, 1.54) is 37.7 Å². The molecule has 2 bridgehead atoms. The fourth-order valence-corrected chi connectivity index (χ4v) is 5.05. The largest absolute Gasteiger partial charge is 0.310 e. The summed E-state index contributed by atoms with van der Waals surface area (Å²) in [5, 5.41) is 3.80. The molecule has 22 heavy (non-hydrogen) atoms. The van der Waals surface area contributed by atoms with Crippen molar-refractivity contribution in [2.45, 2.75) is 44.7 Å². The van der Waals surface area contributed by atoms with Gasteiger partial charge in [-0.3, -0.25) is 4.98 Å². The van der Waals surface area contributed by atoms with Gasteiger partial charge in [0.25, 0.3) is 0 Å². The molecule has 3 fully saturated rings. The number of fused-ring (bicyclic) bond motifs is 5. The summed E-state index contributed by atoms with van der Waals surface area (Å²) in [6.45, 7) is 0.999. The van der Waals surface area contributed by atoms with Crippen LogP contribution in [0.25, 0.3) is 0 Å². The summed E-state index contributed by atoms with van der Waals surface area (Å²) in [5.74, 6) is 4.20. The molecule has 0 spiro atoms. The van der Waals surface area contributed by atoms with Gasteiger partial charge in [-0.1, -0.05) is 57.7 Å². The van der Waals surface area contributed by atoms with Crippen molar-refractivity contribution in [3.63, 3.8) is 0 Å². The number of pyridine rings is 1. The molecule has 2 nitrogen and oxygen atoms in total. The third-order valence-electron chi connectivity index (χ3n) is 5.72. The first kappa shape index (κ1) is 18.9. The number of rotatable bonds is 3. The zero-order valence-corrected chi connectivity index (χ0v) is 18.0. The first-order chi connectivity index (χ1) is 10.9. The molecule has 0 amide bonds. The molecule has 3 aliphatic carbocycles. The quantitative estimate of drug-likeness (QED) is 0.439. The average molecular weight is 526 g/mol. The first-order valence-corrected chi connectivity index (χ1v) is 12.6. The van der Waals surface area contributed by atoms with Gasteiger partial charge in [-0.2, -0.15) is 0 Å². The standard InChI is InChI=1S/C16H22N2.2CH3I/c1-4-13-12-7-15(14(13)5-1)16(8-12)18-10-11-3-2-6-17-9-11;2*1-2/h2-3,6,9,12-16,18H,1,4-5,7-8,10H2;2*1H3/t12-,13+,14+,15-,16+;;/m1../s1. The Balaban J connectivity index is 0.000000410. The minimum atomic E-state index is 0.787. The molecule has 4 heteroatoms. The molecule has 3 saturated carbocycles. The van der Waals surface area contributed by atoms with Crippen LogP contribution in [0.2, 0.25) is 0 Å². The van der Waals surface area contributed by atoms with Crippen LogP contribution in [0, 0.1) is 23.7 Å². The van der Waals surface area contributed by atoms with Gasteiger partial charge in [-0.25, -0.2) is 0 Å². The lowest BCUT2D eigenvalue weighted by molar-refractivity contribution is 0.208. The Kier molecular flexibility index (Phi) is 8.39. The van der Waals surface area contributed by atoms with Crippen LogP contribution in [0.15, 0.2) is 24.5 Å². The van der Waals surface area contributed by atoms with E-state index in [1.54, 1.807) is 0 Å². The van der Waals surface area contributed by atoms with Gasteiger partial charge in [0.1, 0.15) is 0 Å². The van der Waals surface area contributed by atoms with E-state index in [-0.39, 0.29) is 0 Å². The van der Waals surface area contributed by atoms with Crippen molar-refractivity contribution in [2.24, 2.45) is 23.7 Å². The van der Waals surface area contributed by atoms with Crippen LogP contribution in [0.3, 0.4) is 0 Å². The zero-order valence-electron chi connectivity index (χ0n) is 13.6. The molecule has 1 aromatic rings. The molecular weight excluding hydrogens is 498 g/mol. The van der Waals surface area contributed by atoms with Crippen molar-refractivity contribution in [1.29, 1.82) is 0 Å². The molecule has 1 N–H and O–H groups in total.